The zero-order chi connectivity index (χ0) is 28.1. The number of aromatic nitrogens is 4. The van der Waals surface area contributed by atoms with Crippen LogP contribution in [0.5, 0.6) is 0 Å². The predicted octanol–water partition coefficient (Wildman–Crippen LogP) is 2.67. The van der Waals surface area contributed by atoms with Crippen molar-refractivity contribution in [3.8, 4) is 11.4 Å². The standard InChI is InChI=1S/C27H37FN8O4/c28-16-21(30-27(39)40)17-4-6-19(7-5-17)26(38)36-15-12-22(35-13-2-1-3-14-35)23(36)25(37)29-20-10-8-18(9-11-20)24-31-33-34-32-24/h8-11,17,19,21-23,30H,1-7,12-16H2,(H,29,37)(H,39,40)(H,31,32,33,34)/t17-,19-,21-,22-,23+/m1/s1. The fourth-order valence-corrected chi connectivity index (χ4v) is 6.62. The van der Waals surface area contributed by atoms with Gasteiger partial charge in [-0.3, -0.25) is 14.5 Å². The van der Waals surface area contributed by atoms with Crippen molar-refractivity contribution in [1.82, 2.24) is 35.7 Å². The first-order valence-electron chi connectivity index (χ1n) is 14.2. The molecule has 2 aromatic rings. The molecular formula is C27H37FN8O4. The highest BCUT2D eigenvalue weighted by Gasteiger charge is 2.46. The molecule has 0 radical (unpaired) electrons. The third-order valence-electron chi connectivity index (χ3n) is 8.71. The lowest BCUT2D eigenvalue weighted by molar-refractivity contribution is -0.142. The summed E-state index contributed by atoms with van der Waals surface area (Å²) >= 11 is 0. The number of nitrogens with zero attached hydrogens (tertiary/aromatic N) is 5. The second-order valence-electron chi connectivity index (χ2n) is 11.1. The first kappa shape index (κ1) is 27.9. The zero-order valence-electron chi connectivity index (χ0n) is 22.5. The molecule has 13 heteroatoms. The van der Waals surface area contributed by atoms with Crippen LogP contribution in [0, 0.1) is 11.8 Å². The Hall–Kier alpha value is -3.61. The lowest BCUT2D eigenvalue weighted by Crippen LogP contribution is -2.55. The van der Waals surface area contributed by atoms with Gasteiger partial charge in [-0.05, 0) is 98.6 Å². The first-order chi connectivity index (χ1) is 19.4. The number of alkyl halides is 1. The third kappa shape index (κ3) is 6.24. The lowest BCUT2D eigenvalue weighted by Gasteiger charge is -2.38. The molecule has 12 nitrogen and oxygen atoms in total. The minimum atomic E-state index is -1.24. The van der Waals surface area contributed by atoms with Crippen LogP contribution in [0.15, 0.2) is 24.3 Å². The third-order valence-corrected chi connectivity index (χ3v) is 8.71. The minimum absolute atomic E-state index is 0.0331. The number of benzene rings is 1. The Labute approximate surface area is 232 Å². The lowest BCUT2D eigenvalue weighted by atomic mass is 9.78. The van der Waals surface area contributed by atoms with Crippen molar-refractivity contribution in [3.63, 3.8) is 0 Å². The Morgan fingerprint density at radius 2 is 1.75 bits per heavy atom. The topological polar surface area (TPSA) is 156 Å². The van der Waals surface area contributed by atoms with Crippen LogP contribution in [0.25, 0.3) is 11.4 Å². The van der Waals surface area contributed by atoms with Gasteiger partial charge in [-0.2, -0.15) is 0 Å². The van der Waals surface area contributed by atoms with Gasteiger partial charge in [-0.15, -0.1) is 5.10 Å². The highest BCUT2D eigenvalue weighted by Crippen LogP contribution is 2.35. The number of carbonyl (C=O) groups excluding carboxylic acids is 2. The molecule has 2 saturated heterocycles. The number of hydrogen-bond acceptors (Lipinski definition) is 7. The second-order valence-corrected chi connectivity index (χ2v) is 11.1. The maximum atomic E-state index is 13.8. The minimum Gasteiger partial charge on any atom is -0.465 e. The number of amides is 3. The summed E-state index contributed by atoms with van der Waals surface area (Å²) in [6.07, 6.45) is 5.09. The number of aromatic amines is 1. The number of H-pyrrole nitrogens is 1. The predicted molar refractivity (Wildman–Crippen MR) is 144 cm³/mol. The molecule has 216 valence electrons. The van der Waals surface area contributed by atoms with Crippen molar-refractivity contribution in [2.24, 2.45) is 11.8 Å². The summed E-state index contributed by atoms with van der Waals surface area (Å²) in [5.74, 6) is -0.102. The van der Waals surface area contributed by atoms with Gasteiger partial charge >= 0.3 is 6.09 Å². The number of likely N-dealkylation sites (tertiary alicyclic amines) is 2. The van der Waals surface area contributed by atoms with Crippen LogP contribution in [0.2, 0.25) is 0 Å². The van der Waals surface area contributed by atoms with Gasteiger partial charge in [0.15, 0.2) is 5.82 Å². The Bertz CT molecular complexity index is 1150. The summed E-state index contributed by atoms with van der Waals surface area (Å²) in [7, 11) is 0. The molecule has 0 spiro atoms. The molecule has 3 atom stereocenters. The summed E-state index contributed by atoms with van der Waals surface area (Å²) in [6, 6.07) is 5.82. The van der Waals surface area contributed by atoms with E-state index in [1.165, 1.54) is 6.42 Å². The number of carbonyl (C=O) groups is 3. The van der Waals surface area contributed by atoms with Crippen LogP contribution in [0.3, 0.4) is 0 Å². The van der Waals surface area contributed by atoms with E-state index in [1.807, 2.05) is 12.1 Å². The molecule has 40 heavy (non-hydrogen) atoms. The SMILES string of the molecule is O=C(O)N[C@H](CF)[C@H]1CC[C@H](C(=O)N2CC[C@@H](N3CCCCC3)[C@H]2C(=O)Nc2ccc(-c3nnn[nH]3)cc2)CC1. The number of nitrogens with one attached hydrogen (secondary N) is 3. The molecule has 1 saturated carbocycles. The van der Waals surface area contributed by atoms with Crippen LogP contribution >= 0.6 is 0 Å². The Kier molecular flexibility index (Phi) is 8.88. The molecule has 2 aliphatic heterocycles. The number of halogens is 1. The van der Waals surface area contributed by atoms with Gasteiger partial charge < -0.3 is 20.6 Å². The molecule has 1 aliphatic carbocycles. The van der Waals surface area contributed by atoms with E-state index < -0.39 is 24.9 Å². The average molecular weight is 557 g/mol. The van der Waals surface area contributed by atoms with E-state index in [2.05, 4.69) is 36.2 Å². The molecule has 3 fully saturated rings. The Morgan fingerprint density at radius 1 is 1.02 bits per heavy atom. The van der Waals surface area contributed by atoms with E-state index >= 15 is 0 Å². The molecule has 5 rings (SSSR count). The summed E-state index contributed by atoms with van der Waals surface area (Å²) in [4.78, 5) is 42.8. The van der Waals surface area contributed by atoms with Crippen molar-refractivity contribution in [2.75, 3.05) is 31.6 Å². The highest BCUT2D eigenvalue weighted by atomic mass is 19.1. The fourth-order valence-electron chi connectivity index (χ4n) is 6.62. The Morgan fingerprint density at radius 3 is 2.38 bits per heavy atom. The molecule has 4 N–H and O–H groups in total. The number of piperidine rings is 1. The van der Waals surface area contributed by atoms with E-state index in [0.717, 1.165) is 37.9 Å². The normalized spacial score (nSPS) is 26.3. The maximum Gasteiger partial charge on any atom is 0.404 e. The molecule has 0 unspecified atom stereocenters. The van der Waals surface area contributed by atoms with Crippen LogP contribution < -0.4 is 10.6 Å². The van der Waals surface area contributed by atoms with Crippen LogP contribution in [0.4, 0.5) is 14.9 Å². The number of rotatable bonds is 8. The summed E-state index contributed by atoms with van der Waals surface area (Å²) in [5, 5.41) is 28.1. The van der Waals surface area contributed by atoms with E-state index in [0.29, 0.717) is 43.7 Å². The largest absolute Gasteiger partial charge is 0.465 e. The van der Waals surface area contributed by atoms with Gasteiger partial charge in [0.1, 0.15) is 12.7 Å². The van der Waals surface area contributed by atoms with Crippen molar-refractivity contribution in [2.45, 2.75) is 69.5 Å². The van der Waals surface area contributed by atoms with Crippen LogP contribution in [-0.4, -0.2) is 97.9 Å². The summed E-state index contributed by atoms with van der Waals surface area (Å²) < 4.78 is 13.5. The quantitative estimate of drug-likeness (QED) is 0.387. The molecule has 3 amide bonds. The smallest absolute Gasteiger partial charge is 0.404 e. The van der Waals surface area contributed by atoms with Crippen LogP contribution in [0.1, 0.15) is 51.4 Å². The van der Waals surface area contributed by atoms with E-state index in [4.69, 9.17) is 5.11 Å². The number of hydrogen-bond donors (Lipinski definition) is 4. The second kappa shape index (κ2) is 12.7. The number of carboxylic acid groups (broad SMARTS) is 1. The van der Waals surface area contributed by atoms with Crippen molar-refractivity contribution < 1.29 is 23.9 Å². The van der Waals surface area contributed by atoms with Gasteiger partial charge in [0.2, 0.25) is 11.8 Å². The molecule has 3 aliphatic rings. The zero-order valence-corrected chi connectivity index (χ0v) is 22.5. The average Bonchev–Trinajstić information content (AvgIpc) is 3.68. The fraction of sp³-hybridized carbons (Fsp3) is 0.630. The van der Waals surface area contributed by atoms with Crippen molar-refractivity contribution in [3.05, 3.63) is 24.3 Å². The van der Waals surface area contributed by atoms with Gasteiger partial charge in [-0.25, -0.2) is 14.3 Å². The van der Waals surface area contributed by atoms with Gasteiger partial charge in [0.25, 0.3) is 0 Å². The first-order valence-corrected chi connectivity index (χ1v) is 14.2. The molecular weight excluding hydrogens is 519 g/mol. The van der Waals surface area contributed by atoms with Crippen LogP contribution in [-0.2, 0) is 9.59 Å². The van der Waals surface area contributed by atoms with Gasteiger partial charge in [0, 0.05) is 29.8 Å². The monoisotopic (exact) mass is 556 g/mol. The molecule has 1 aromatic carbocycles. The summed E-state index contributed by atoms with van der Waals surface area (Å²) in [6.45, 7) is 1.59. The maximum absolute atomic E-state index is 13.8. The van der Waals surface area contributed by atoms with E-state index in [1.54, 1.807) is 17.0 Å². The van der Waals surface area contributed by atoms with Gasteiger partial charge in [-0.1, -0.05) is 6.42 Å². The van der Waals surface area contributed by atoms with Gasteiger partial charge in [0.05, 0.1) is 6.04 Å². The van der Waals surface area contributed by atoms with Crippen molar-refractivity contribution in [1.29, 1.82) is 0 Å². The Balaban J connectivity index is 1.28. The number of tetrazole rings is 1. The highest BCUT2D eigenvalue weighted by molar-refractivity contribution is 5.98. The molecule has 3 heterocycles. The summed E-state index contributed by atoms with van der Waals surface area (Å²) in [5.41, 5.74) is 1.41. The van der Waals surface area contributed by atoms with Crippen molar-refractivity contribution >= 4 is 23.6 Å². The number of anilines is 1. The van der Waals surface area contributed by atoms with E-state index in [9.17, 15) is 18.8 Å². The molecule has 1 aromatic heterocycles. The van der Waals surface area contributed by atoms with E-state index in [-0.39, 0.29) is 29.7 Å². The molecule has 0 bridgehead atoms.